The highest BCUT2D eigenvalue weighted by molar-refractivity contribution is 5.87. The number of ether oxygens (including phenoxy) is 1. The van der Waals surface area contributed by atoms with Crippen LogP contribution in [0.4, 0.5) is 0 Å². The first-order chi connectivity index (χ1) is 8.06. The summed E-state index contributed by atoms with van der Waals surface area (Å²) in [4.78, 5) is 11.0. The van der Waals surface area contributed by atoms with Gasteiger partial charge in [0.05, 0.1) is 11.7 Å². The lowest BCUT2D eigenvalue weighted by atomic mass is 10.0. The molecular weight excluding hydrogens is 218 g/mol. The summed E-state index contributed by atoms with van der Waals surface area (Å²) in [6.45, 7) is 1.58. The van der Waals surface area contributed by atoms with Crippen molar-refractivity contribution < 1.29 is 14.6 Å². The van der Waals surface area contributed by atoms with Crippen molar-refractivity contribution in [2.75, 3.05) is 7.11 Å². The molecule has 1 atom stereocenters. The third-order valence-electron chi connectivity index (χ3n) is 2.58. The Labute approximate surface area is 101 Å². The van der Waals surface area contributed by atoms with Gasteiger partial charge in [-0.1, -0.05) is 30.3 Å². The molecule has 0 amide bonds. The highest BCUT2D eigenvalue weighted by Gasteiger charge is 2.18. The van der Waals surface area contributed by atoms with Crippen LogP contribution in [0.3, 0.4) is 0 Å². The van der Waals surface area contributed by atoms with Crippen LogP contribution in [-0.2, 0) is 9.53 Å². The Hall–Kier alpha value is -1.81. The summed E-state index contributed by atoms with van der Waals surface area (Å²) in [5.41, 5.74) is 7.01. The van der Waals surface area contributed by atoms with Crippen molar-refractivity contribution in [3.05, 3.63) is 47.2 Å². The Morgan fingerprint density at radius 2 is 2.00 bits per heavy atom. The lowest BCUT2D eigenvalue weighted by molar-refractivity contribution is -0.133. The smallest absolute Gasteiger partial charge is 0.333 e. The van der Waals surface area contributed by atoms with E-state index < -0.39 is 5.97 Å². The molecule has 17 heavy (non-hydrogen) atoms. The molecule has 0 bridgehead atoms. The van der Waals surface area contributed by atoms with E-state index in [2.05, 4.69) is 0 Å². The average Bonchev–Trinajstić information content (AvgIpc) is 2.30. The fourth-order valence-corrected chi connectivity index (χ4v) is 1.61. The molecular formula is C13H17NO3. The van der Waals surface area contributed by atoms with Gasteiger partial charge in [0.25, 0.3) is 0 Å². The average molecular weight is 235 g/mol. The second-order valence-electron chi connectivity index (χ2n) is 3.81. The molecule has 1 aromatic rings. The van der Waals surface area contributed by atoms with Gasteiger partial charge in [-0.2, -0.15) is 0 Å². The first-order valence-electron chi connectivity index (χ1n) is 5.32. The lowest BCUT2D eigenvalue weighted by Crippen LogP contribution is -2.13. The van der Waals surface area contributed by atoms with Crippen LogP contribution < -0.4 is 5.73 Å². The summed E-state index contributed by atoms with van der Waals surface area (Å²) < 4.78 is 5.31. The molecule has 0 aliphatic heterocycles. The van der Waals surface area contributed by atoms with Gasteiger partial charge >= 0.3 is 5.97 Å². The van der Waals surface area contributed by atoms with Crippen LogP contribution in [0.25, 0.3) is 0 Å². The standard InChI is InChI=1S/C13H17NO3/c1-9(14)11(13(15)16)8-12(17-2)10-6-4-3-5-7-10/h3-7,12H,8,14H2,1-2H3,(H,15,16)/b11-9-/t12-/m1/s1. The number of benzene rings is 1. The molecule has 0 aromatic heterocycles. The molecule has 0 saturated heterocycles. The van der Waals surface area contributed by atoms with Crippen molar-refractivity contribution >= 4 is 5.97 Å². The molecule has 92 valence electrons. The molecule has 4 nitrogen and oxygen atoms in total. The van der Waals surface area contributed by atoms with E-state index in [-0.39, 0.29) is 18.1 Å². The molecule has 0 unspecified atom stereocenters. The fourth-order valence-electron chi connectivity index (χ4n) is 1.61. The van der Waals surface area contributed by atoms with E-state index in [0.717, 1.165) is 5.56 Å². The van der Waals surface area contributed by atoms with Gasteiger partial charge in [-0.15, -0.1) is 0 Å². The maximum atomic E-state index is 11.0. The van der Waals surface area contributed by atoms with E-state index >= 15 is 0 Å². The summed E-state index contributed by atoms with van der Waals surface area (Å²) >= 11 is 0. The largest absolute Gasteiger partial charge is 0.478 e. The molecule has 0 heterocycles. The van der Waals surface area contributed by atoms with E-state index in [1.54, 1.807) is 14.0 Å². The number of carboxylic acid groups (broad SMARTS) is 1. The van der Waals surface area contributed by atoms with Gasteiger partial charge in [-0.25, -0.2) is 4.79 Å². The Kier molecular flexibility index (Phi) is 4.72. The van der Waals surface area contributed by atoms with Crippen molar-refractivity contribution in [1.82, 2.24) is 0 Å². The molecule has 4 heteroatoms. The van der Waals surface area contributed by atoms with Crippen molar-refractivity contribution in [2.24, 2.45) is 5.73 Å². The monoisotopic (exact) mass is 235 g/mol. The second-order valence-corrected chi connectivity index (χ2v) is 3.81. The van der Waals surface area contributed by atoms with Gasteiger partial charge in [-0.3, -0.25) is 0 Å². The zero-order valence-electron chi connectivity index (χ0n) is 10.0. The number of carbonyl (C=O) groups is 1. The van der Waals surface area contributed by atoms with Crippen LogP contribution in [-0.4, -0.2) is 18.2 Å². The van der Waals surface area contributed by atoms with Crippen LogP contribution in [0.15, 0.2) is 41.6 Å². The topological polar surface area (TPSA) is 72.5 Å². The summed E-state index contributed by atoms with van der Waals surface area (Å²) in [5, 5.41) is 9.04. The van der Waals surface area contributed by atoms with Crippen molar-refractivity contribution in [3.8, 4) is 0 Å². The van der Waals surface area contributed by atoms with E-state index in [1.165, 1.54) is 0 Å². The quantitative estimate of drug-likeness (QED) is 0.766. The normalized spacial score (nSPS) is 14.0. The SMILES string of the molecule is CO[C@H](C/C(C(=O)O)=C(\C)N)c1ccccc1. The number of aliphatic carboxylic acids is 1. The Bertz CT molecular complexity index is 408. The maximum Gasteiger partial charge on any atom is 0.333 e. The zero-order valence-corrected chi connectivity index (χ0v) is 10.0. The van der Waals surface area contributed by atoms with Crippen molar-refractivity contribution in [3.63, 3.8) is 0 Å². The third-order valence-corrected chi connectivity index (χ3v) is 2.58. The maximum absolute atomic E-state index is 11.0. The van der Waals surface area contributed by atoms with Gasteiger partial charge in [0.15, 0.2) is 0 Å². The fraction of sp³-hybridized carbons (Fsp3) is 0.308. The number of hydrogen-bond donors (Lipinski definition) is 2. The van der Waals surface area contributed by atoms with Crippen LogP contribution in [0.1, 0.15) is 25.0 Å². The number of hydrogen-bond acceptors (Lipinski definition) is 3. The minimum absolute atomic E-state index is 0.195. The number of nitrogens with two attached hydrogens (primary N) is 1. The molecule has 3 N–H and O–H groups in total. The first kappa shape index (κ1) is 13.3. The third kappa shape index (κ3) is 3.60. The Morgan fingerprint density at radius 1 is 1.41 bits per heavy atom. The van der Waals surface area contributed by atoms with Crippen LogP contribution >= 0.6 is 0 Å². The Morgan fingerprint density at radius 3 is 2.41 bits per heavy atom. The number of rotatable bonds is 5. The van der Waals surface area contributed by atoms with Gasteiger partial charge in [0.1, 0.15) is 0 Å². The van der Waals surface area contributed by atoms with Crippen LogP contribution in [0.2, 0.25) is 0 Å². The predicted octanol–water partition coefficient (Wildman–Crippen LogP) is 2.08. The second kappa shape index (κ2) is 6.06. The van der Waals surface area contributed by atoms with E-state index in [0.29, 0.717) is 5.70 Å². The van der Waals surface area contributed by atoms with Crippen molar-refractivity contribution in [2.45, 2.75) is 19.4 Å². The predicted molar refractivity (Wildman–Crippen MR) is 65.3 cm³/mol. The van der Waals surface area contributed by atoms with E-state index in [4.69, 9.17) is 15.6 Å². The van der Waals surface area contributed by atoms with Crippen LogP contribution in [0.5, 0.6) is 0 Å². The molecule has 0 saturated carbocycles. The van der Waals surface area contributed by atoms with Crippen molar-refractivity contribution in [1.29, 1.82) is 0 Å². The summed E-state index contributed by atoms with van der Waals surface area (Å²) in [6, 6.07) is 9.49. The van der Waals surface area contributed by atoms with Gasteiger partial charge in [-0.05, 0) is 12.5 Å². The molecule has 0 fully saturated rings. The number of methoxy groups -OCH3 is 1. The summed E-state index contributed by atoms with van der Waals surface area (Å²) in [6.07, 6.45) is -0.0288. The number of carboxylic acids is 1. The lowest BCUT2D eigenvalue weighted by Gasteiger charge is -2.16. The summed E-state index contributed by atoms with van der Waals surface area (Å²) in [7, 11) is 1.56. The highest BCUT2D eigenvalue weighted by atomic mass is 16.5. The molecule has 0 aliphatic rings. The molecule has 0 aliphatic carbocycles. The summed E-state index contributed by atoms with van der Waals surface area (Å²) in [5.74, 6) is -0.997. The van der Waals surface area contributed by atoms with Gasteiger partial charge in [0.2, 0.25) is 0 Å². The van der Waals surface area contributed by atoms with Crippen LogP contribution in [0, 0.1) is 0 Å². The van der Waals surface area contributed by atoms with E-state index in [1.807, 2.05) is 30.3 Å². The molecule has 0 spiro atoms. The van der Waals surface area contributed by atoms with Gasteiger partial charge in [0, 0.05) is 19.2 Å². The Balaban J connectivity index is 2.91. The molecule has 1 rings (SSSR count). The minimum atomic E-state index is -0.997. The molecule has 1 aromatic carbocycles. The number of allylic oxidation sites excluding steroid dienone is 1. The zero-order chi connectivity index (χ0) is 12.8. The first-order valence-corrected chi connectivity index (χ1v) is 5.32. The minimum Gasteiger partial charge on any atom is -0.478 e. The van der Waals surface area contributed by atoms with E-state index in [9.17, 15) is 4.79 Å². The highest BCUT2D eigenvalue weighted by Crippen LogP contribution is 2.25. The molecule has 0 radical (unpaired) electrons. The van der Waals surface area contributed by atoms with Gasteiger partial charge < -0.3 is 15.6 Å².